The number of rotatable bonds is 6. The van der Waals surface area contributed by atoms with E-state index >= 15 is 0 Å². The molecule has 0 aromatic heterocycles. The van der Waals surface area contributed by atoms with E-state index in [9.17, 15) is 9.59 Å². The van der Waals surface area contributed by atoms with Crippen molar-refractivity contribution in [2.24, 2.45) is 5.73 Å². The number of primary amides is 1. The molecule has 2 amide bonds. The lowest BCUT2D eigenvalue weighted by Crippen LogP contribution is -2.44. The number of allylic oxidation sites excluding steroid dienone is 1. The van der Waals surface area contributed by atoms with Crippen molar-refractivity contribution >= 4 is 43.7 Å². The number of carbonyl (C=O) groups excluding carboxylic acids is 2. The smallest absolute Gasteiger partial charge is 0.252 e. The van der Waals surface area contributed by atoms with Crippen LogP contribution in [0.4, 0.5) is 0 Å². The van der Waals surface area contributed by atoms with E-state index in [1.807, 2.05) is 6.07 Å². The van der Waals surface area contributed by atoms with Gasteiger partial charge in [0, 0.05) is 14.5 Å². The molecule has 1 aromatic rings. The Bertz CT molecular complexity index is 483. The molecule has 0 unspecified atom stereocenters. The third kappa shape index (κ3) is 5.16. The molecule has 0 aliphatic rings. The van der Waals surface area contributed by atoms with Gasteiger partial charge in [-0.25, -0.2) is 0 Å². The molecular weight excluding hydrogens is 376 g/mol. The minimum absolute atomic E-state index is 0.338. The number of amides is 2. The van der Waals surface area contributed by atoms with Crippen LogP contribution in [0.1, 0.15) is 23.2 Å². The number of benzene rings is 1. The average Bonchev–Trinajstić information content (AvgIpc) is 2.32. The summed E-state index contributed by atoms with van der Waals surface area (Å²) >= 11 is 6.61. The summed E-state index contributed by atoms with van der Waals surface area (Å²) in [7, 11) is 0. The van der Waals surface area contributed by atoms with E-state index in [0.717, 1.165) is 8.95 Å². The Morgan fingerprint density at radius 1 is 1.32 bits per heavy atom. The van der Waals surface area contributed by atoms with Gasteiger partial charge in [-0.3, -0.25) is 9.59 Å². The van der Waals surface area contributed by atoms with Gasteiger partial charge in [0.2, 0.25) is 5.91 Å². The molecule has 0 bridgehead atoms. The highest BCUT2D eigenvalue weighted by atomic mass is 79.9. The summed E-state index contributed by atoms with van der Waals surface area (Å²) in [6, 6.07) is 4.47. The van der Waals surface area contributed by atoms with Crippen molar-refractivity contribution < 1.29 is 9.59 Å². The van der Waals surface area contributed by atoms with Crippen LogP contribution in [0.25, 0.3) is 0 Å². The summed E-state index contributed by atoms with van der Waals surface area (Å²) in [6.07, 6.45) is 2.73. The van der Waals surface area contributed by atoms with E-state index in [0.29, 0.717) is 18.4 Å². The van der Waals surface area contributed by atoms with E-state index < -0.39 is 11.9 Å². The molecule has 0 aliphatic carbocycles. The van der Waals surface area contributed by atoms with E-state index in [-0.39, 0.29) is 5.91 Å². The minimum atomic E-state index is -0.691. The van der Waals surface area contributed by atoms with Crippen LogP contribution in [0.2, 0.25) is 0 Å². The van der Waals surface area contributed by atoms with Gasteiger partial charge >= 0.3 is 0 Å². The first-order valence-electron chi connectivity index (χ1n) is 5.61. The van der Waals surface area contributed by atoms with Gasteiger partial charge in [0.05, 0.1) is 0 Å². The second-order valence-corrected chi connectivity index (χ2v) is 5.78. The van der Waals surface area contributed by atoms with Crippen LogP contribution < -0.4 is 11.1 Å². The van der Waals surface area contributed by atoms with Crippen molar-refractivity contribution in [3.8, 4) is 0 Å². The third-order valence-corrected chi connectivity index (χ3v) is 3.35. The normalized spacial score (nSPS) is 11.7. The zero-order chi connectivity index (χ0) is 14.4. The summed E-state index contributed by atoms with van der Waals surface area (Å²) in [5.74, 6) is -0.890. The molecule has 0 aliphatic heterocycles. The fraction of sp³-hybridized carbons (Fsp3) is 0.231. The van der Waals surface area contributed by atoms with Crippen LogP contribution in [0, 0.1) is 0 Å². The quantitative estimate of drug-likeness (QED) is 0.734. The highest BCUT2D eigenvalue weighted by molar-refractivity contribution is 9.11. The van der Waals surface area contributed by atoms with Crippen LogP contribution in [-0.4, -0.2) is 17.9 Å². The molecule has 1 atom stereocenters. The van der Waals surface area contributed by atoms with Gasteiger partial charge in [-0.1, -0.05) is 37.9 Å². The zero-order valence-electron chi connectivity index (χ0n) is 10.2. The van der Waals surface area contributed by atoms with Gasteiger partial charge in [0.15, 0.2) is 0 Å². The lowest BCUT2D eigenvalue weighted by Gasteiger charge is -2.14. The van der Waals surface area contributed by atoms with Gasteiger partial charge in [-0.05, 0) is 31.0 Å². The van der Waals surface area contributed by atoms with Crippen molar-refractivity contribution in [2.45, 2.75) is 18.9 Å². The van der Waals surface area contributed by atoms with Crippen molar-refractivity contribution in [3.63, 3.8) is 0 Å². The molecule has 6 heteroatoms. The number of carbonyl (C=O) groups is 2. The monoisotopic (exact) mass is 388 g/mol. The lowest BCUT2D eigenvalue weighted by molar-refractivity contribution is -0.119. The maximum atomic E-state index is 12.0. The zero-order valence-corrected chi connectivity index (χ0v) is 13.3. The number of hydrogen-bond acceptors (Lipinski definition) is 2. The predicted octanol–water partition coefficient (Wildman–Crippen LogP) is 2.76. The van der Waals surface area contributed by atoms with Gasteiger partial charge in [-0.2, -0.15) is 0 Å². The first-order chi connectivity index (χ1) is 8.93. The molecular formula is C13H14Br2N2O2. The Hall–Kier alpha value is -1.14. The van der Waals surface area contributed by atoms with E-state index in [1.165, 1.54) is 0 Å². The highest BCUT2D eigenvalue weighted by Gasteiger charge is 2.18. The fourth-order valence-electron chi connectivity index (χ4n) is 1.50. The number of nitrogens with one attached hydrogen (secondary N) is 1. The highest BCUT2D eigenvalue weighted by Crippen LogP contribution is 2.20. The Labute approximate surface area is 128 Å². The molecule has 1 rings (SSSR count). The lowest BCUT2D eigenvalue weighted by atomic mass is 10.1. The van der Waals surface area contributed by atoms with Crippen LogP contribution in [0.15, 0.2) is 39.8 Å². The molecule has 19 heavy (non-hydrogen) atoms. The Balaban J connectivity index is 2.81. The number of halogens is 2. The summed E-state index contributed by atoms with van der Waals surface area (Å²) < 4.78 is 1.54. The molecule has 0 saturated heterocycles. The maximum absolute atomic E-state index is 12.0. The first-order valence-corrected chi connectivity index (χ1v) is 7.20. The largest absolute Gasteiger partial charge is 0.368 e. The second-order valence-electron chi connectivity index (χ2n) is 3.95. The summed E-state index contributed by atoms with van der Waals surface area (Å²) in [5, 5.41) is 2.62. The van der Waals surface area contributed by atoms with Crippen molar-refractivity contribution in [1.82, 2.24) is 5.32 Å². The van der Waals surface area contributed by atoms with Gasteiger partial charge in [0.25, 0.3) is 5.91 Å². The van der Waals surface area contributed by atoms with E-state index in [2.05, 4.69) is 43.8 Å². The van der Waals surface area contributed by atoms with Crippen LogP contribution >= 0.6 is 31.9 Å². The third-order valence-electron chi connectivity index (χ3n) is 2.43. The standard InChI is InChI=1S/C13H14Br2N2O2/c1-2-3-4-11(12(16)18)17-13(19)8-5-9(14)7-10(15)6-8/h2,5-7,11H,1,3-4H2,(H2,16,18)(H,17,19)/t11-/m0/s1. The molecule has 0 fully saturated rings. The average molecular weight is 390 g/mol. The molecule has 1 aromatic carbocycles. The van der Waals surface area contributed by atoms with E-state index in [1.54, 1.807) is 18.2 Å². The number of hydrogen-bond donors (Lipinski definition) is 2. The molecule has 102 valence electrons. The minimum Gasteiger partial charge on any atom is -0.368 e. The molecule has 0 radical (unpaired) electrons. The van der Waals surface area contributed by atoms with Gasteiger partial charge < -0.3 is 11.1 Å². The van der Waals surface area contributed by atoms with Crippen molar-refractivity contribution in [1.29, 1.82) is 0 Å². The van der Waals surface area contributed by atoms with E-state index in [4.69, 9.17) is 5.73 Å². The molecule has 3 N–H and O–H groups in total. The Morgan fingerprint density at radius 3 is 2.37 bits per heavy atom. The molecule has 0 saturated carbocycles. The molecule has 0 heterocycles. The van der Waals surface area contributed by atoms with Gasteiger partial charge in [0.1, 0.15) is 6.04 Å². The fourth-order valence-corrected chi connectivity index (χ4v) is 2.79. The molecule has 0 spiro atoms. The summed E-state index contributed by atoms with van der Waals surface area (Å²) in [5.41, 5.74) is 5.71. The number of nitrogens with two attached hydrogens (primary N) is 1. The second kappa shape index (κ2) is 7.45. The van der Waals surface area contributed by atoms with Gasteiger partial charge in [-0.15, -0.1) is 6.58 Å². The van der Waals surface area contributed by atoms with Crippen LogP contribution in [0.5, 0.6) is 0 Å². The Morgan fingerprint density at radius 2 is 1.89 bits per heavy atom. The predicted molar refractivity (Wildman–Crippen MR) is 81.7 cm³/mol. The summed E-state index contributed by atoms with van der Waals surface area (Å²) in [4.78, 5) is 23.3. The Kier molecular flexibility index (Phi) is 6.24. The van der Waals surface area contributed by atoms with Crippen LogP contribution in [0.3, 0.4) is 0 Å². The maximum Gasteiger partial charge on any atom is 0.252 e. The first kappa shape index (κ1) is 15.9. The molecule has 4 nitrogen and oxygen atoms in total. The van der Waals surface area contributed by atoms with Crippen LogP contribution in [-0.2, 0) is 4.79 Å². The summed E-state index contributed by atoms with van der Waals surface area (Å²) in [6.45, 7) is 3.58. The SMILES string of the molecule is C=CCC[C@H](NC(=O)c1cc(Br)cc(Br)c1)C(N)=O. The van der Waals surface area contributed by atoms with Crippen molar-refractivity contribution in [3.05, 3.63) is 45.4 Å². The van der Waals surface area contributed by atoms with Crippen molar-refractivity contribution in [2.75, 3.05) is 0 Å². The topological polar surface area (TPSA) is 72.2 Å².